The minimum atomic E-state index is -0.378. The summed E-state index contributed by atoms with van der Waals surface area (Å²) in [5.74, 6) is -0.757. The number of hydrogen-bond donors (Lipinski definition) is 2. The molecule has 0 aromatic heterocycles. The van der Waals surface area contributed by atoms with Gasteiger partial charge in [0.25, 0.3) is 5.91 Å². The summed E-state index contributed by atoms with van der Waals surface area (Å²) in [4.78, 5) is 40.0. The third-order valence-electron chi connectivity index (χ3n) is 6.30. The summed E-state index contributed by atoms with van der Waals surface area (Å²) >= 11 is 0. The predicted octanol–water partition coefficient (Wildman–Crippen LogP) is 3.65. The molecule has 1 aliphatic carbocycles. The Morgan fingerprint density at radius 3 is 2.48 bits per heavy atom. The number of carbonyl (C=O) groups excluding carboxylic acids is 3. The molecule has 2 aromatic rings. The van der Waals surface area contributed by atoms with Crippen LogP contribution < -0.4 is 10.6 Å². The van der Waals surface area contributed by atoms with Crippen molar-refractivity contribution in [2.75, 3.05) is 11.9 Å². The third-order valence-corrected chi connectivity index (χ3v) is 6.30. The summed E-state index contributed by atoms with van der Waals surface area (Å²) in [6.07, 6.45) is 4.60. The van der Waals surface area contributed by atoms with Gasteiger partial charge in [-0.25, -0.2) is 0 Å². The highest BCUT2D eigenvalue weighted by Crippen LogP contribution is 2.30. The molecule has 3 amide bonds. The molecule has 1 saturated heterocycles. The van der Waals surface area contributed by atoms with Crippen LogP contribution in [0.25, 0.3) is 0 Å². The fourth-order valence-electron chi connectivity index (χ4n) is 4.48. The van der Waals surface area contributed by atoms with E-state index in [9.17, 15) is 14.4 Å². The van der Waals surface area contributed by atoms with Crippen LogP contribution in [0.4, 0.5) is 5.69 Å². The first kappa shape index (κ1) is 21.1. The van der Waals surface area contributed by atoms with E-state index in [0.717, 1.165) is 31.2 Å². The second kappa shape index (κ2) is 9.33. The molecule has 0 spiro atoms. The van der Waals surface area contributed by atoms with Gasteiger partial charge in [0.15, 0.2) is 0 Å². The topological polar surface area (TPSA) is 78.5 Å². The molecule has 6 nitrogen and oxygen atoms in total. The summed E-state index contributed by atoms with van der Waals surface area (Å²) in [7, 11) is 0. The normalized spacial score (nSPS) is 18.9. The van der Waals surface area contributed by atoms with Gasteiger partial charge in [-0.3, -0.25) is 14.4 Å². The lowest BCUT2D eigenvalue weighted by Gasteiger charge is -2.24. The van der Waals surface area contributed by atoms with E-state index in [1.807, 2.05) is 36.1 Å². The van der Waals surface area contributed by atoms with Gasteiger partial charge < -0.3 is 15.5 Å². The molecule has 2 aromatic carbocycles. The molecule has 2 N–H and O–H groups in total. The van der Waals surface area contributed by atoms with Gasteiger partial charge in [0.1, 0.15) is 0 Å². The zero-order valence-electron chi connectivity index (χ0n) is 17.9. The number of para-hydroxylation sites is 1. The van der Waals surface area contributed by atoms with Crippen molar-refractivity contribution in [3.05, 3.63) is 65.2 Å². The highest BCUT2D eigenvalue weighted by molar-refractivity contribution is 6.05. The molecule has 4 rings (SSSR count). The lowest BCUT2D eigenvalue weighted by atomic mass is 10.1. The van der Waals surface area contributed by atoms with Crippen molar-refractivity contribution in [3.63, 3.8) is 0 Å². The Bertz CT molecular complexity index is 964. The van der Waals surface area contributed by atoms with Gasteiger partial charge in [-0.15, -0.1) is 0 Å². The van der Waals surface area contributed by atoms with Crippen molar-refractivity contribution in [1.82, 2.24) is 10.2 Å². The number of nitrogens with zero attached hydrogens (tertiary/aromatic N) is 1. The van der Waals surface area contributed by atoms with Crippen molar-refractivity contribution in [3.8, 4) is 0 Å². The Balaban J connectivity index is 1.38. The number of aryl methyl sites for hydroxylation is 1. The Morgan fingerprint density at radius 2 is 1.74 bits per heavy atom. The number of hydrogen-bond acceptors (Lipinski definition) is 3. The van der Waals surface area contributed by atoms with Crippen LogP contribution in [-0.4, -0.2) is 35.2 Å². The Kier molecular flexibility index (Phi) is 6.35. The number of amides is 3. The van der Waals surface area contributed by atoms with Crippen LogP contribution >= 0.6 is 0 Å². The highest BCUT2D eigenvalue weighted by atomic mass is 16.2. The van der Waals surface area contributed by atoms with Crippen molar-refractivity contribution >= 4 is 23.4 Å². The second-order valence-corrected chi connectivity index (χ2v) is 8.59. The van der Waals surface area contributed by atoms with Crippen molar-refractivity contribution < 1.29 is 14.4 Å². The fraction of sp³-hybridized carbons (Fsp3) is 0.400. The lowest BCUT2D eigenvalue weighted by molar-refractivity contribution is -0.129. The van der Waals surface area contributed by atoms with E-state index in [4.69, 9.17) is 0 Å². The van der Waals surface area contributed by atoms with E-state index in [1.165, 1.54) is 5.56 Å². The predicted molar refractivity (Wildman–Crippen MR) is 119 cm³/mol. The fourth-order valence-corrected chi connectivity index (χ4v) is 4.48. The van der Waals surface area contributed by atoms with Crippen LogP contribution in [0.5, 0.6) is 0 Å². The standard InChI is InChI=1S/C25H29N3O3/c1-17-10-12-18(13-11-17)15-26-25(31)21-8-4-5-9-22(21)27-24(30)19-14-23(29)28(16-19)20-6-2-3-7-20/h4-5,8-13,19-20H,2-3,6-7,14-16H2,1H3,(H,26,31)(H,27,30). The quantitative estimate of drug-likeness (QED) is 0.750. The molecular formula is C25H29N3O3. The number of nitrogens with one attached hydrogen (secondary N) is 2. The monoisotopic (exact) mass is 419 g/mol. The highest BCUT2D eigenvalue weighted by Gasteiger charge is 2.38. The molecular weight excluding hydrogens is 390 g/mol. The minimum absolute atomic E-state index is 0.0659. The third kappa shape index (κ3) is 4.95. The molecule has 2 aliphatic rings. The largest absolute Gasteiger partial charge is 0.348 e. The van der Waals surface area contributed by atoms with E-state index in [-0.39, 0.29) is 36.1 Å². The zero-order chi connectivity index (χ0) is 21.8. The van der Waals surface area contributed by atoms with Gasteiger partial charge in [-0.05, 0) is 37.5 Å². The molecule has 1 aliphatic heterocycles. The summed E-state index contributed by atoms with van der Waals surface area (Å²) in [5, 5.41) is 5.81. The summed E-state index contributed by atoms with van der Waals surface area (Å²) in [6, 6.07) is 15.3. The van der Waals surface area contributed by atoms with E-state index in [0.29, 0.717) is 24.3 Å². The van der Waals surface area contributed by atoms with Crippen molar-refractivity contribution in [2.24, 2.45) is 5.92 Å². The molecule has 1 saturated carbocycles. The first-order valence-electron chi connectivity index (χ1n) is 11.0. The van der Waals surface area contributed by atoms with Crippen molar-refractivity contribution in [2.45, 2.75) is 51.6 Å². The molecule has 0 radical (unpaired) electrons. The smallest absolute Gasteiger partial charge is 0.253 e. The molecule has 31 heavy (non-hydrogen) atoms. The Hall–Kier alpha value is -3.15. The molecule has 0 bridgehead atoms. The van der Waals surface area contributed by atoms with Crippen LogP contribution in [0, 0.1) is 12.8 Å². The van der Waals surface area contributed by atoms with Gasteiger partial charge in [0, 0.05) is 25.6 Å². The van der Waals surface area contributed by atoms with Crippen LogP contribution in [0.2, 0.25) is 0 Å². The van der Waals surface area contributed by atoms with Gasteiger partial charge in [-0.2, -0.15) is 0 Å². The summed E-state index contributed by atoms with van der Waals surface area (Å²) in [6.45, 7) is 2.90. The number of likely N-dealkylation sites (tertiary alicyclic amines) is 1. The first-order chi connectivity index (χ1) is 15.0. The Labute approximate surface area is 183 Å². The van der Waals surface area contributed by atoms with E-state index in [2.05, 4.69) is 10.6 Å². The SMILES string of the molecule is Cc1ccc(CNC(=O)c2ccccc2NC(=O)C2CC(=O)N(C3CCCC3)C2)cc1. The van der Waals surface area contributed by atoms with Crippen LogP contribution in [0.1, 0.15) is 53.6 Å². The molecule has 1 atom stereocenters. The zero-order valence-corrected chi connectivity index (χ0v) is 17.9. The molecule has 1 heterocycles. The minimum Gasteiger partial charge on any atom is -0.348 e. The van der Waals surface area contributed by atoms with Crippen molar-refractivity contribution in [1.29, 1.82) is 0 Å². The maximum Gasteiger partial charge on any atom is 0.253 e. The summed E-state index contributed by atoms with van der Waals surface area (Å²) in [5.41, 5.74) is 3.07. The van der Waals surface area contributed by atoms with Crippen LogP contribution in [0.15, 0.2) is 48.5 Å². The Morgan fingerprint density at radius 1 is 1.03 bits per heavy atom. The second-order valence-electron chi connectivity index (χ2n) is 8.59. The molecule has 2 fully saturated rings. The van der Waals surface area contributed by atoms with E-state index in [1.54, 1.807) is 24.3 Å². The van der Waals surface area contributed by atoms with Crippen LogP contribution in [0.3, 0.4) is 0 Å². The maximum absolute atomic E-state index is 12.9. The average molecular weight is 420 g/mol. The lowest BCUT2D eigenvalue weighted by Crippen LogP contribution is -2.35. The van der Waals surface area contributed by atoms with Gasteiger partial charge in [0.2, 0.25) is 11.8 Å². The van der Waals surface area contributed by atoms with Gasteiger partial charge in [-0.1, -0.05) is 54.8 Å². The molecule has 6 heteroatoms. The van der Waals surface area contributed by atoms with Gasteiger partial charge >= 0.3 is 0 Å². The van der Waals surface area contributed by atoms with E-state index >= 15 is 0 Å². The first-order valence-corrected chi connectivity index (χ1v) is 11.0. The van der Waals surface area contributed by atoms with Gasteiger partial charge in [0.05, 0.1) is 17.2 Å². The van der Waals surface area contributed by atoms with E-state index < -0.39 is 0 Å². The number of carbonyl (C=O) groups is 3. The molecule has 162 valence electrons. The molecule has 1 unspecified atom stereocenters. The number of rotatable bonds is 6. The number of anilines is 1. The van der Waals surface area contributed by atoms with Crippen LogP contribution in [-0.2, 0) is 16.1 Å². The average Bonchev–Trinajstić information content (AvgIpc) is 3.43. The maximum atomic E-state index is 12.9. The summed E-state index contributed by atoms with van der Waals surface area (Å²) < 4.78 is 0. The number of benzene rings is 2.